The maximum absolute atomic E-state index is 6.37. The van der Waals surface area contributed by atoms with Gasteiger partial charge < -0.3 is 13.7 Å². The fourth-order valence-corrected chi connectivity index (χ4v) is 3.95. The normalized spacial score (nSPS) is 17.5. The molecule has 0 spiro atoms. The van der Waals surface area contributed by atoms with Gasteiger partial charge in [-0.3, -0.25) is 0 Å². The van der Waals surface area contributed by atoms with E-state index in [9.17, 15) is 0 Å². The van der Waals surface area contributed by atoms with Gasteiger partial charge in [-0.25, -0.2) is 0 Å². The number of furan rings is 1. The van der Waals surface area contributed by atoms with E-state index in [0.717, 1.165) is 33.3 Å². The SMILES string of the molecule is CC1(C)OB(c2oc3ccc(-c4ccccc4)cc3c2-c2ccccc2)OC1(C)C. The Morgan fingerprint density at radius 2 is 1.20 bits per heavy atom. The quantitative estimate of drug-likeness (QED) is 0.394. The van der Waals surface area contributed by atoms with Crippen LogP contribution in [0.25, 0.3) is 33.2 Å². The lowest BCUT2D eigenvalue weighted by Crippen LogP contribution is -2.41. The number of hydrogen-bond donors (Lipinski definition) is 0. The Hall–Kier alpha value is -2.82. The molecule has 4 aromatic rings. The number of fused-ring (bicyclic) bond motifs is 1. The summed E-state index contributed by atoms with van der Waals surface area (Å²) in [5.41, 5.74) is 5.14. The maximum atomic E-state index is 6.37. The van der Waals surface area contributed by atoms with Gasteiger partial charge in [0.25, 0.3) is 0 Å². The van der Waals surface area contributed by atoms with Crippen molar-refractivity contribution in [3.05, 3.63) is 78.9 Å². The van der Waals surface area contributed by atoms with Gasteiger partial charge in [-0.1, -0.05) is 66.7 Å². The maximum Gasteiger partial charge on any atom is 0.533 e. The lowest BCUT2D eigenvalue weighted by molar-refractivity contribution is 0.00578. The minimum atomic E-state index is -0.558. The Morgan fingerprint density at radius 3 is 1.80 bits per heavy atom. The van der Waals surface area contributed by atoms with Crippen LogP contribution in [0.5, 0.6) is 0 Å². The zero-order valence-electron chi connectivity index (χ0n) is 17.8. The molecule has 2 heterocycles. The van der Waals surface area contributed by atoms with Crippen LogP contribution in [0.4, 0.5) is 0 Å². The van der Waals surface area contributed by atoms with Gasteiger partial charge in [-0.15, -0.1) is 0 Å². The molecule has 3 aromatic carbocycles. The molecule has 4 heteroatoms. The monoisotopic (exact) mass is 396 g/mol. The molecule has 1 fully saturated rings. The van der Waals surface area contributed by atoms with Crippen LogP contribution < -0.4 is 5.66 Å². The lowest BCUT2D eigenvalue weighted by atomic mass is 9.80. The van der Waals surface area contributed by atoms with E-state index in [-0.39, 0.29) is 0 Å². The summed E-state index contributed by atoms with van der Waals surface area (Å²) in [6, 6.07) is 27.1. The Balaban J connectivity index is 1.71. The average molecular weight is 396 g/mol. The van der Waals surface area contributed by atoms with Crippen LogP contribution in [-0.4, -0.2) is 18.3 Å². The van der Waals surface area contributed by atoms with Crippen molar-refractivity contribution in [1.29, 1.82) is 0 Å². The van der Waals surface area contributed by atoms with Crippen molar-refractivity contribution in [2.24, 2.45) is 0 Å². The Bertz CT molecular complexity index is 1180. The molecule has 0 bridgehead atoms. The number of rotatable bonds is 3. The van der Waals surface area contributed by atoms with E-state index in [2.05, 4.69) is 76.2 Å². The van der Waals surface area contributed by atoms with Crippen molar-refractivity contribution < 1.29 is 13.7 Å². The molecule has 5 rings (SSSR count). The van der Waals surface area contributed by atoms with Gasteiger partial charge in [-0.2, -0.15) is 0 Å². The molecular formula is C26H25BO3. The first-order valence-electron chi connectivity index (χ1n) is 10.4. The topological polar surface area (TPSA) is 31.6 Å². The van der Waals surface area contributed by atoms with E-state index in [0.29, 0.717) is 0 Å². The highest BCUT2D eigenvalue weighted by atomic mass is 16.7. The highest BCUT2D eigenvalue weighted by Gasteiger charge is 2.54. The zero-order chi connectivity index (χ0) is 20.9. The Kier molecular flexibility index (Phi) is 4.39. The zero-order valence-corrected chi connectivity index (χ0v) is 17.8. The fourth-order valence-electron chi connectivity index (χ4n) is 3.95. The fraction of sp³-hybridized carbons (Fsp3) is 0.231. The van der Waals surface area contributed by atoms with Gasteiger partial charge in [0.2, 0.25) is 0 Å². The predicted octanol–water partition coefficient (Wildman–Crippen LogP) is 6.07. The van der Waals surface area contributed by atoms with Gasteiger partial charge in [0.15, 0.2) is 0 Å². The lowest BCUT2D eigenvalue weighted by Gasteiger charge is -2.32. The van der Waals surface area contributed by atoms with Crippen LogP contribution in [-0.2, 0) is 9.31 Å². The molecule has 150 valence electrons. The minimum absolute atomic E-state index is 0.431. The summed E-state index contributed by atoms with van der Waals surface area (Å²) >= 11 is 0. The molecule has 0 atom stereocenters. The molecule has 0 N–H and O–H groups in total. The van der Waals surface area contributed by atoms with Crippen LogP contribution in [0.3, 0.4) is 0 Å². The third-order valence-corrected chi connectivity index (χ3v) is 6.35. The van der Waals surface area contributed by atoms with E-state index in [1.54, 1.807) is 0 Å². The van der Waals surface area contributed by atoms with E-state index in [4.69, 9.17) is 13.7 Å². The van der Waals surface area contributed by atoms with E-state index < -0.39 is 18.3 Å². The third-order valence-electron chi connectivity index (χ3n) is 6.35. The highest BCUT2D eigenvalue weighted by molar-refractivity contribution is 6.63. The summed E-state index contributed by atoms with van der Waals surface area (Å²) in [6.07, 6.45) is 0. The first kappa shape index (κ1) is 19.2. The van der Waals surface area contributed by atoms with Crippen molar-refractivity contribution in [1.82, 2.24) is 0 Å². The van der Waals surface area contributed by atoms with E-state index in [1.165, 1.54) is 5.56 Å². The summed E-state index contributed by atoms with van der Waals surface area (Å²) in [5.74, 6) is 0. The molecule has 1 saturated heterocycles. The molecule has 30 heavy (non-hydrogen) atoms. The van der Waals surface area contributed by atoms with Crippen molar-refractivity contribution in [3.63, 3.8) is 0 Å². The number of benzene rings is 3. The van der Waals surface area contributed by atoms with Gasteiger partial charge in [-0.05, 0) is 56.5 Å². The van der Waals surface area contributed by atoms with Gasteiger partial charge in [0, 0.05) is 10.9 Å². The smallest absolute Gasteiger partial charge is 0.464 e. The van der Waals surface area contributed by atoms with Crippen LogP contribution in [0.1, 0.15) is 27.7 Å². The molecule has 0 aliphatic carbocycles. The second-order valence-corrected chi connectivity index (χ2v) is 8.87. The van der Waals surface area contributed by atoms with Crippen molar-refractivity contribution in [2.75, 3.05) is 0 Å². The van der Waals surface area contributed by atoms with E-state index in [1.807, 2.05) is 30.3 Å². The van der Waals surface area contributed by atoms with Crippen LogP contribution in [0, 0.1) is 0 Å². The highest BCUT2D eigenvalue weighted by Crippen LogP contribution is 2.39. The van der Waals surface area contributed by atoms with Gasteiger partial charge in [0.05, 0.1) is 11.2 Å². The molecule has 3 nitrogen and oxygen atoms in total. The summed E-state index contributed by atoms with van der Waals surface area (Å²) in [4.78, 5) is 0. The van der Waals surface area contributed by atoms with Crippen LogP contribution >= 0.6 is 0 Å². The summed E-state index contributed by atoms with van der Waals surface area (Å²) in [5, 5.41) is 1.06. The second-order valence-electron chi connectivity index (χ2n) is 8.87. The largest absolute Gasteiger partial charge is 0.533 e. The van der Waals surface area contributed by atoms with Crippen LogP contribution in [0.15, 0.2) is 83.3 Å². The Labute approximate surface area is 177 Å². The van der Waals surface area contributed by atoms with Gasteiger partial charge >= 0.3 is 7.12 Å². The summed E-state index contributed by atoms with van der Waals surface area (Å²) in [6.45, 7) is 8.24. The minimum Gasteiger partial charge on any atom is -0.464 e. The molecule has 0 unspecified atom stereocenters. The molecular weight excluding hydrogens is 371 g/mol. The second kappa shape index (κ2) is 6.87. The predicted molar refractivity (Wildman–Crippen MR) is 123 cm³/mol. The molecule has 0 saturated carbocycles. The third kappa shape index (κ3) is 3.08. The Morgan fingerprint density at radius 1 is 0.633 bits per heavy atom. The summed E-state index contributed by atoms with van der Waals surface area (Å²) < 4.78 is 19.0. The standard InChI is InChI=1S/C26H25BO3/c1-25(2)26(3,4)30-27(29-25)24-23(19-13-9-6-10-14-19)21-17-20(15-16-22(21)28-24)18-11-7-5-8-12-18/h5-17H,1-4H3. The van der Waals surface area contributed by atoms with Crippen molar-refractivity contribution in [3.8, 4) is 22.3 Å². The van der Waals surface area contributed by atoms with Gasteiger partial charge in [0.1, 0.15) is 11.2 Å². The van der Waals surface area contributed by atoms with Crippen molar-refractivity contribution in [2.45, 2.75) is 38.9 Å². The van der Waals surface area contributed by atoms with Crippen LogP contribution in [0.2, 0.25) is 0 Å². The summed E-state index contributed by atoms with van der Waals surface area (Å²) in [7, 11) is -0.558. The first-order chi connectivity index (χ1) is 14.4. The average Bonchev–Trinajstić information content (AvgIpc) is 3.22. The molecule has 0 radical (unpaired) electrons. The van der Waals surface area contributed by atoms with Crippen molar-refractivity contribution >= 4 is 23.7 Å². The molecule has 1 aliphatic rings. The first-order valence-corrected chi connectivity index (χ1v) is 10.4. The molecule has 0 amide bonds. The molecule has 1 aliphatic heterocycles. The van der Waals surface area contributed by atoms with E-state index >= 15 is 0 Å². The molecule has 1 aromatic heterocycles. The number of hydrogen-bond acceptors (Lipinski definition) is 3.